The summed E-state index contributed by atoms with van der Waals surface area (Å²) in [5.74, 6) is 0. The van der Waals surface area contributed by atoms with Crippen LogP contribution in [0.15, 0.2) is 5.51 Å². The van der Waals surface area contributed by atoms with Gasteiger partial charge in [0.1, 0.15) is 0 Å². The highest BCUT2D eigenvalue weighted by Crippen LogP contribution is 2.39. The molecule has 3 heteroatoms. The average molecular weight is 210 g/mol. The van der Waals surface area contributed by atoms with Crippen LogP contribution in [0.3, 0.4) is 0 Å². The van der Waals surface area contributed by atoms with Crippen LogP contribution in [0.4, 0.5) is 0 Å². The summed E-state index contributed by atoms with van der Waals surface area (Å²) < 4.78 is 0. The molecule has 0 aromatic carbocycles. The minimum absolute atomic E-state index is 0.564. The fraction of sp³-hybridized carbons (Fsp3) is 0.727. The summed E-state index contributed by atoms with van der Waals surface area (Å²) in [6.07, 6.45) is 2.60. The molecule has 2 rings (SSSR count). The predicted octanol–water partition coefficient (Wildman–Crippen LogP) is 2.73. The molecule has 78 valence electrons. The zero-order valence-electron chi connectivity index (χ0n) is 9.13. The van der Waals surface area contributed by atoms with Crippen LogP contribution < -0.4 is 5.32 Å². The van der Waals surface area contributed by atoms with Gasteiger partial charge in [0.25, 0.3) is 0 Å². The molecule has 14 heavy (non-hydrogen) atoms. The number of aryl methyl sites for hydroxylation is 1. The van der Waals surface area contributed by atoms with Crippen LogP contribution in [0.1, 0.15) is 37.3 Å². The molecule has 1 saturated carbocycles. The lowest BCUT2D eigenvalue weighted by Crippen LogP contribution is -2.45. The van der Waals surface area contributed by atoms with Crippen molar-refractivity contribution in [1.29, 1.82) is 0 Å². The molecule has 0 spiro atoms. The molecule has 0 bridgehead atoms. The van der Waals surface area contributed by atoms with Gasteiger partial charge in [0.05, 0.1) is 11.2 Å². The van der Waals surface area contributed by atoms with Gasteiger partial charge in [-0.05, 0) is 25.2 Å². The normalized spacial score (nSPS) is 20.8. The molecule has 0 saturated heterocycles. The van der Waals surface area contributed by atoms with Crippen molar-refractivity contribution in [3.8, 4) is 0 Å². The summed E-state index contributed by atoms with van der Waals surface area (Å²) in [4.78, 5) is 5.68. The summed E-state index contributed by atoms with van der Waals surface area (Å²) >= 11 is 1.73. The lowest BCUT2D eigenvalue weighted by atomic mass is 9.68. The third-order valence-corrected chi connectivity index (χ3v) is 3.80. The van der Waals surface area contributed by atoms with Gasteiger partial charge in [-0.25, -0.2) is 4.98 Å². The number of hydrogen-bond donors (Lipinski definition) is 1. The van der Waals surface area contributed by atoms with E-state index in [0.29, 0.717) is 11.5 Å². The van der Waals surface area contributed by atoms with E-state index in [0.717, 1.165) is 6.54 Å². The van der Waals surface area contributed by atoms with Crippen molar-refractivity contribution < 1.29 is 0 Å². The van der Waals surface area contributed by atoms with Crippen LogP contribution in [0, 0.1) is 12.3 Å². The molecular formula is C11H18N2S. The summed E-state index contributed by atoms with van der Waals surface area (Å²) in [5, 5.41) is 3.56. The van der Waals surface area contributed by atoms with E-state index in [1.165, 1.54) is 23.4 Å². The van der Waals surface area contributed by atoms with Crippen molar-refractivity contribution in [3.63, 3.8) is 0 Å². The first-order chi connectivity index (χ1) is 6.57. The maximum Gasteiger partial charge on any atom is 0.0798 e. The highest BCUT2D eigenvalue weighted by Gasteiger charge is 2.35. The van der Waals surface area contributed by atoms with Crippen LogP contribution in [-0.2, 0) is 6.54 Å². The summed E-state index contributed by atoms with van der Waals surface area (Å²) in [5.41, 5.74) is 3.71. The van der Waals surface area contributed by atoms with E-state index in [2.05, 4.69) is 31.1 Å². The van der Waals surface area contributed by atoms with Crippen LogP contribution in [0.2, 0.25) is 0 Å². The van der Waals surface area contributed by atoms with E-state index in [9.17, 15) is 0 Å². The molecule has 1 aromatic heterocycles. The number of nitrogens with one attached hydrogen (secondary N) is 1. The highest BCUT2D eigenvalue weighted by atomic mass is 32.1. The zero-order chi connectivity index (χ0) is 10.2. The SMILES string of the molecule is Cc1scnc1CNC1CC(C)(C)C1. The number of aromatic nitrogens is 1. The summed E-state index contributed by atoms with van der Waals surface area (Å²) in [6.45, 7) is 7.74. The smallest absolute Gasteiger partial charge is 0.0798 e. The Bertz CT molecular complexity index is 309. The number of hydrogen-bond acceptors (Lipinski definition) is 3. The molecule has 1 fully saturated rings. The van der Waals surface area contributed by atoms with Gasteiger partial charge < -0.3 is 5.32 Å². The minimum Gasteiger partial charge on any atom is -0.308 e. The van der Waals surface area contributed by atoms with Crippen LogP contribution in [0.25, 0.3) is 0 Å². The average Bonchev–Trinajstić information content (AvgIpc) is 2.44. The Morgan fingerprint density at radius 2 is 2.29 bits per heavy atom. The van der Waals surface area contributed by atoms with E-state index in [1.807, 2.05) is 5.51 Å². The van der Waals surface area contributed by atoms with Gasteiger partial charge in [-0.3, -0.25) is 0 Å². The molecule has 0 radical (unpaired) electrons. The molecule has 1 N–H and O–H groups in total. The Labute approximate surface area is 89.8 Å². The third-order valence-electron chi connectivity index (χ3n) is 3.00. The van der Waals surface area contributed by atoms with Gasteiger partial charge in [-0.1, -0.05) is 13.8 Å². The van der Waals surface area contributed by atoms with E-state index in [4.69, 9.17) is 0 Å². The second-order valence-corrected chi connectivity index (χ2v) is 6.06. The molecule has 0 atom stereocenters. The highest BCUT2D eigenvalue weighted by molar-refractivity contribution is 7.09. The zero-order valence-corrected chi connectivity index (χ0v) is 9.95. The maximum atomic E-state index is 4.34. The van der Waals surface area contributed by atoms with Crippen molar-refractivity contribution in [2.24, 2.45) is 5.41 Å². The van der Waals surface area contributed by atoms with Gasteiger partial charge in [-0.15, -0.1) is 11.3 Å². The number of rotatable bonds is 3. The summed E-state index contributed by atoms with van der Waals surface area (Å²) in [7, 11) is 0. The minimum atomic E-state index is 0.564. The molecule has 1 aliphatic rings. The van der Waals surface area contributed by atoms with E-state index in [1.54, 1.807) is 11.3 Å². The predicted molar refractivity (Wildman–Crippen MR) is 60.5 cm³/mol. The lowest BCUT2D eigenvalue weighted by Gasteiger charge is -2.43. The van der Waals surface area contributed by atoms with Gasteiger partial charge in [0.15, 0.2) is 0 Å². The van der Waals surface area contributed by atoms with E-state index >= 15 is 0 Å². The van der Waals surface area contributed by atoms with E-state index < -0.39 is 0 Å². The van der Waals surface area contributed by atoms with Crippen molar-refractivity contribution in [3.05, 3.63) is 16.1 Å². The molecular weight excluding hydrogens is 192 g/mol. The second kappa shape index (κ2) is 3.63. The van der Waals surface area contributed by atoms with Crippen LogP contribution in [0.5, 0.6) is 0 Å². The van der Waals surface area contributed by atoms with Gasteiger partial charge in [0.2, 0.25) is 0 Å². The second-order valence-electron chi connectivity index (χ2n) is 5.01. The molecule has 0 unspecified atom stereocenters. The van der Waals surface area contributed by atoms with Crippen molar-refractivity contribution in [2.45, 2.75) is 46.2 Å². The maximum absolute atomic E-state index is 4.34. The topological polar surface area (TPSA) is 24.9 Å². The van der Waals surface area contributed by atoms with Crippen LogP contribution >= 0.6 is 11.3 Å². The number of thiazole rings is 1. The Kier molecular flexibility index (Phi) is 2.62. The molecule has 0 aliphatic heterocycles. The van der Waals surface area contributed by atoms with Crippen molar-refractivity contribution in [2.75, 3.05) is 0 Å². The van der Waals surface area contributed by atoms with Gasteiger partial charge in [-0.2, -0.15) is 0 Å². The Hall–Kier alpha value is -0.410. The van der Waals surface area contributed by atoms with Crippen molar-refractivity contribution in [1.82, 2.24) is 10.3 Å². The number of nitrogens with zero attached hydrogens (tertiary/aromatic N) is 1. The monoisotopic (exact) mass is 210 g/mol. The first-order valence-corrected chi connectivity index (χ1v) is 6.07. The Morgan fingerprint density at radius 3 is 2.79 bits per heavy atom. The van der Waals surface area contributed by atoms with Gasteiger partial charge >= 0.3 is 0 Å². The standard InChI is InChI=1S/C11H18N2S/c1-8-10(13-7-14-8)6-12-9-4-11(2,3)5-9/h7,9,12H,4-6H2,1-3H3. The Balaban J connectivity index is 1.77. The molecule has 2 nitrogen and oxygen atoms in total. The van der Waals surface area contributed by atoms with Gasteiger partial charge in [0, 0.05) is 17.5 Å². The molecule has 1 aromatic rings. The largest absolute Gasteiger partial charge is 0.308 e. The quantitative estimate of drug-likeness (QED) is 0.829. The molecule has 1 heterocycles. The fourth-order valence-corrected chi connectivity index (χ4v) is 2.76. The summed E-state index contributed by atoms with van der Waals surface area (Å²) in [6, 6.07) is 0.714. The lowest BCUT2D eigenvalue weighted by molar-refractivity contribution is 0.125. The molecule has 0 amide bonds. The molecule has 1 aliphatic carbocycles. The Morgan fingerprint density at radius 1 is 1.57 bits per heavy atom. The van der Waals surface area contributed by atoms with Crippen LogP contribution in [-0.4, -0.2) is 11.0 Å². The third kappa shape index (κ3) is 2.15. The first kappa shape index (κ1) is 10.1. The van der Waals surface area contributed by atoms with E-state index in [-0.39, 0.29) is 0 Å². The van der Waals surface area contributed by atoms with Crippen molar-refractivity contribution >= 4 is 11.3 Å². The fourth-order valence-electron chi connectivity index (χ4n) is 2.16. The first-order valence-electron chi connectivity index (χ1n) is 5.19.